The van der Waals surface area contributed by atoms with Gasteiger partial charge in [0, 0.05) is 23.4 Å². The quantitative estimate of drug-likeness (QED) is 0.534. The highest BCUT2D eigenvalue weighted by molar-refractivity contribution is 6.08. The van der Waals surface area contributed by atoms with E-state index in [1.807, 2.05) is 19.1 Å². The number of hydrogen-bond donors (Lipinski definition) is 3. The molecule has 1 atom stereocenters. The van der Waals surface area contributed by atoms with Crippen molar-refractivity contribution in [3.8, 4) is 0 Å². The van der Waals surface area contributed by atoms with Crippen molar-refractivity contribution < 1.29 is 19.2 Å². The van der Waals surface area contributed by atoms with Crippen LogP contribution in [0.5, 0.6) is 0 Å². The van der Waals surface area contributed by atoms with Gasteiger partial charge < -0.3 is 10.3 Å². The number of carbonyl (C=O) groups excluding carboxylic acids is 4. The van der Waals surface area contributed by atoms with Crippen LogP contribution in [0.25, 0.3) is 0 Å². The molecule has 0 radical (unpaired) electrons. The molecule has 2 heterocycles. The van der Waals surface area contributed by atoms with Gasteiger partial charge in [0.2, 0.25) is 11.8 Å². The lowest BCUT2D eigenvalue weighted by atomic mass is 9.72. The molecule has 7 nitrogen and oxygen atoms in total. The number of piperidine rings is 1. The highest BCUT2D eigenvalue weighted by Gasteiger charge is 2.42. The summed E-state index contributed by atoms with van der Waals surface area (Å²) in [5.74, 6) is -0.947. The zero-order valence-electron chi connectivity index (χ0n) is 17.1. The van der Waals surface area contributed by atoms with E-state index in [1.54, 1.807) is 26.0 Å². The average molecular weight is 395 g/mol. The van der Waals surface area contributed by atoms with E-state index < -0.39 is 5.41 Å². The zero-order chi connectivity index (χ0) is 21.3. The maximum atomic E-state index is 12.7. The first kappa shape index (κ1) is 20.5. The van der Waals surface area contributed by atoms with E-state index in [0.717, 1.165) is 5.56 Å². The van der Waals surface area contributed by atoms with Crippen LogP contribution in [0.4, 0.5) is 5.69 Å². The number of imide groups is 1. The minimum absolute atomic E-state index is 0.0891. The Morgan fingerprint density at radius 1 is 1.14 bits per heavy atom. The number of aromatic amines is 1. The predicted molar refractivity (Wildman–Crippen MR) is 109 cm³/mol. The molecular weight excluding hydrogens is 370 g/mol. The predicted octanol–water partition coefficient (Wildman–Crippen LogP) is 3.17. The maximum absolute atomic E-state index is 12.7. The fourth-order valence-electron chi connectivity index (χ4n) is 4.14. The molecule has 3 rings (SSSR count). The lowest BCUT2D eigenvalue weighted by Gasteiger charge is -2.35. The van der Waals surface area contributed by atoms with E-state index in [4.69, 9.17) is 0 Å². The van der Waals surface area contributed by atoms with Gasteiger partial charge in [0.15, 0.2) is 5.78 Å². The van der Waals surface area contributed by atoms with Gasteiger partial charge in [-0.15, -0.1) is 0 Å². The number of rotatable bonds is 5. The van der Waals surface area contributed by atoms with Crippen molar-refractivity contribution in [3.63, 3.8) is 0 Å². The summed E-state index contributed by atoms with van der Waals surface area (Å²) in [6.45, 7) is 6.90. The molecule has 152 valence electrons. The molecule has 0 spiro atoms. The Labute approximate surface area is 169 Å². The topological polar surface area (TPSA) is 108 Å². The van der Waals surface area contributed by atoms with E-state index in [2.05, 4.69) is 15.6 Å². The van der Waals surface area contributed by atoms with Crippen LogP contribution in [-0.2, 0) is 15.0 Å². The summed E-state index contributed by atoms with van der Waals surface area (Å²) in [5, 5.41) is 5.25. The number of ketones is 1. The summed E-state index contributed by atoms with van der Waals surface area (Å²) < 4.78 is 0. The summed E-state index contributed by atoms with van der Waals surface area (Å²) in [7, 11) is 0. The van der Waals surface area contributed by atoms with E-state index >= 15 is 0 Å². The van der Waals surface area contributed by atoms with Gasteiger partial charge in [0.25, 0.3) is 5.91 Å². The molecule has 0 aliphatic carbocycles. The molecular formula is C22H25N3O4. The Hall–Kier alpha value is -3.22. The summed E-state index contributed by atoms with van der Waals surface area (Å²) in [5.41, 5.74) is 2.83. The van der Waals surface area contributed by atoms with Gasteiger partial charge in [-0.25, -0.2) is 0 Å². The lowest BCUT2D eigenvalue weighted by Crippen LogP contribution is -2.51. The Balaban J connectivity index is 1.82. The van der Waals surface area contributed by atoms with Gasteiger partial charge in [-0.3, -0.25) is 24.5 Å². The van der Waals surface area contributed by atoms with Crippen molar-refractivity contribution in [3.05, 3.63) is 52.3 Å². The monoisotopic (exact) mass is 395 g/mol. The summed E-state index contributed by atoms with van der Waals surface area (Å²) in [6.07, 6.45) is 1.35. The standard InChI is InChI=1S/C22H25N3O4/c1-5-22(11-10-17(27)25-21(22)29)15-6-8-16(9-7-15)24-20(28)19-12(2)18(14(4)26)13(3)23-19/h6-9,23H,5,10-11H2,1-4H3,(H,24,28)(H,25,27,29). The molecule has 1 aliphatic heterocycles. The van der Waals surface area contributed by atoms with Crippen molar-refractivity contribution in [1.29, 1.82) is 0 Å². The minimum atomic E-state index is -0.736. The van der Waals surface area contributed by atoms with Gasteiger partial charge in [-0.1, -0.05) is 19.1 Å². The number of Topliss-reactive ketones (excluding diaryl/α,β-unsaturated/α-hetero) is 1. The van der Waals surface area contributed by atoms with E-state index in [0.29, 0.717) is 47.5 Å². The lowest BCUT2D eigenvalue weighted by molar-refractivity contribution is -0.138. The fraction of sp³-hybridized carbons (Fsp3) is 0.364. The maximum Gasteiger partial charge on any atom is 0.272 e. The normalized spacial score (nSPS) is 19.0. The molecule has 3 N–H and O–H groups in total. The molecule has 0 saturated carbocycles. The van der Waals surface area contributed by atoms with Gasteiger partial charge in [-0.2, -0.15) is 0 Å². The second-order valence-electron chi connectivity index (χ2n) is 7.53. The molecule has 2 aromatic rings. The van der Waals surface area contributed by atoms with Gasteiger partial charge in [0.05, 0.1) is 5.41 Å². The number of aryl methyl sites for hydroxylation is 1. The third kappa shape index (κ3) is 3.60. The van der Waals surface area contributed by atoms with Crippen molar-refractivity contribution in [2.24, 2.45) is 0 Å². The molecule has 0 bridgehead atoms. The van der Waals surface area contributed by atoms with Crippen LogP contribution in [0, 0.1) is 13.8 Å². The number of H-pyrrole nitrogens is 1. The molecule has 1 aliphatic rings. The van der Waals surface area contributed by atoms with Crippen LogP contribution in [0.1, 0.15) is 70.8 Å². The van der Waals surface area contributed by atoms with Crippen LogP contribution in [-0.4, -0.2) is 28.5 Å². The third-order valence-corrected chi connectivity index (χ3v) is 5.78. The number of amides is 3. The molecule has 1 aromatic carbocycles. The largest absolute Gasteiger partial charge is 0.354 e. The number of nitrogens with one attached hydrogen (secondary N) is 3. The van der Waals surface area contributed by atoms with Crippen LogP contribution in [0.15, 0.2) is 24.3 Å². The highest BCUT2D eigenvalue weighted by atomic mass is 16.2. The van der Waals surface area contributed by atoms with Gasteiger partial charge >= 0.3 is 0 Å². The highest BCUT2D eigenvalue weighted by Crippen LogP contribution is 2.36. The minimum Gasteiger partial charge on any atom is -0.354 e. The Morgan fingerprint density at radius 3 is 2.31 bits per heavy atom. The smallest absolute Gasteiger partial charge is 0.272 e. The summed E-state index contributed by atoms with van der Waals surface area (Å²) in [4.78, 5) is 51.4. The van der Waals surface area contributed by atoms with Crippen LogP contribution in [0.3, 0.4) is 0 Å². The molecule has 7 heteroatoms. The van der Waals surface area contributed by atoms with Crippen LogP contribution < -0.4 is 10.6 Å². The van der Waals surface area contributed by atoms with Crippen LogP contribution >= 0.6 is 0 Å². The van der Waals surface area contributed by atoms with Crippen molar-refractivity contribution in [2.45, 2.75) is 52.4 Å². The van der Waals surface area contributed by atoms with Crippen molar-refractivity contribution >= 4 is 29.2 Å². The summed E-state index contributed by atoms with van der Waals surface area (Å²) in [6, 6.07) is 7.10. The second-order valence-corrected chi connectivity index (χ2v) is 7.53. The fourth-order valence-corrected chi connectivity index (χ4v) is 4.14. The SMILES string of the molecule is CCC1(c2ccc(NC(=O)c3[nH]c(C)c(C(C)=O)c3C)cc2)CCC(=O)NC1=O. The molecule has 1 unspecified atom stereocenters. The first-order valence-electron chi connectivity index (χ1n) is 9.66. The van der Waals surface area contributed by atoms with E-state index in [1.165, 1.54) is 6.92 Å². The average Bonchev–Trinajstić information content (AvgIpc) is 2.97. The van der Waals surface area contributed by atoms with Gasteiger partial charge in [0.1, 0.15) is 5.69 Å². The van der Waals surface area contributed by atoms with E-state index in [-0.39, 0.29) is 23.5 Å². The Bertz CT molecular complexity index is 1000. The Morgan fingerprint density at radius 2 is 1.79 bits per heavy atom. The molecule has 3 amide bonds. The van der Waals surface area contributed by atoms with Crippen molar-refractivity contribution in [2.75, 3.05) is 5.32 Å². The number of benzene rings is 1. The molecule has 1 aromatic heterocycles. The number of aromatic nitrogens is 1. The third-order valence-electron chi connectivity index (χ3n) is 5.78. The van der Waals surface area contributed by atoms with Crippen LogP contribution in [0.2, 0.25) is 0 Å². The molecule has 29 heavy (non-hydrogen) atoms. The molecule has 1 fully saturated rings. The number of carbonyl (C=O) groups is 4. The number of anilines is 1. The second kappa shape index (κ2) is 7.66. The molecule has 1 saturated heterocycles. The first-order chi connectivity index (χ1) is 13.7. The Kier molecular flexibility index (Phi) is 5.42. The number of hydrogen-bond acceptors (Lipinski definition) is 4. The summed E-state index contributed by atoms with van der Waals surface area (Å²) >= 11 is 0. The first-order valence-corrected chi connectivity index (χ1v) is 9.66. The zero-order valence-corrected chi connectivity index (χ0v) is 17.1. The van der Waals surface area contributed by atoms with E-state index in [9.17, 15) is 19.2 Å². The van der Waals surface area contributed by atoms with Crippen molar-refractivity contribution in [1.82, 2.24) is 10.3 Å². The van der Waals surface area contributed by atoms with Gasteiger partial charge in [-0.05, 0) is 56.9 Å².